The van der Waals surface area contributed by atoms with Gasteiger partial charge in [0.15, 0.2) is 0 Å². The lowest BCUT2D eigenvalue weighted by Crippen LogP contribution is -2.29. The summed E-state index contributed by atoms with van der Waals surface area (Å²) in [6.07, 6.45) is 0. The minimum Gasteiger partial charge on any atom is -0.481 e. The van der Waals surface area contributed by atoms with E-state index in [1.165, 1.54) is 4.90 Å². The normalized spacial score (nSPS) is 14.7. The number of aliphatic carboxylic acids is 1. The van der Waals surface area contributed by atoms with Crippen LogP contribution in [-0.4, -0.2) is 27.8 Å². The molecule has 1 unspecified atom stereocenters. The van der Waals surface area contributed by atoms with Crippen molar-refractivity contribution < 1.29 is 19.5 Å². The van der Waals surface area contributed by atoms with Crippen LogP contribution in [0.4, 0.5) is 0 Å². The molecule has 5 nitrogen and oxygen atoms in total. The SMILES string of the molecule is CC(C(=O)O)c1cccc(CN2C(=O)c3ccccc3C2=O)c1. The van der Waals surface area contributed by atoms with E-state index in [4.69, 9.17) is 5.11 Å². The summed E-state index contributed by atoms with van der Waals surface area (Å²) in [4.78, 5) is 37.0. The third kappa shape index (κ3) is 2.61. The van der Waals surface area contributed by atoms with E-state index in [1.807, 2.05) is 0 Å². The van der Waals surface area contributed by atoms with Crippen LogP contribution in [0.25, 0.3) is 0 Å². The Morgan fingerprint density at radius 2 is 1.65 bits per heavy atom. The molecular weight excluding hydrogens is 294 g/mol. The van der Waals surface area contributed by atoms with Crippen molar-refractivity contribution in [3.63, 3.8) is 0 Å². The maximum Gasteiger partial charge on any atom is 0.310 e. The number of hydrogen-bond donors (Lipinski definition) is 1. The first-order valence-corrected chi connectivity index (χ1v) is 7.26. The number of hydrogen-bond acceptors (Lipinski definition) is 3. The van der Waals surface area contributed by atoms with Gasteiger partial charge in [0.05, 0.1) is 23.6 Å². The van der Waals surface area contributed by atoms with Gasteiger partial charge in [-0.15, -0.1) is 0 Å². The topological polar surface area (TPSA) is 74.7 Å². The van der Waals surface area contributed by atoms with Gasteiger partial charge in [-0.2, -0.15) is 0 Å². The van der Waals surface area contributed by atoms with Gasteiger partial charge in [-0.1, -0.05) is 36.4 Å². The van der Waals surface area contributed by atoms with Crippen LogP contribution in [0.5, 0.6) is 0 Å². The first-order chi connectivity index (χ1) is 11.0. The maximum atomic E-state index is 12.3. The molecule has 23 heavy (non-hydrogen) atoms. The molecule has 0 saturated heterocycles. The molecule has 0 bridgehead atoms. The minimum atomic E-state index is -0.914. The van der Waals surface area contributed by atoms with E-state index in [9.17, 15) is 14.4 Å². The molecule has 116 valence electrons. The van der Waals surface area contributed by atoms with Crippen LogP contribution < -0.4 is 0 Å². The number of rotatable bonds is 4. The second-order valence-electron chi connectivity index (χ2n) is 5.55. The Morgan fingerprint density at radius 1 is 1.04 bits per heavy atom. The number of nitrogens with zero attached hydrogens (tertiary/aromatic N) is 1. The van der Waals surface area contributed by atoms with Crippen LogP contribution in [0.1, 0.15) is 44.7 Å². The van der Waals surface area contributed by atoms with Gasteiger partial charge in [-0.25, -0.2) is 0 Å². The maximum absolute atomic E-state index is 12.3. The number of imide groups is 1. The average molecular weight is 309 g/mol. The van der Waals surface area contributed by atoms with E-state index in [2.05, 4.69) is 0 Å². The first kappa shape index (κ1) is 15.0. The molecule has 1 heterocycles. The lowest BCUT2D eigenvalue weighted by molar-refractivity contribution is -0.138. The zero-order chi connectivity index (χ0) is 16.6. The molecule has 1 aliphatic heterocycles. The fourth-order valence-electron chi connectivity index (χ4n) is 2.67. The fraction of sp³-hybridized carbons (Fsp3) is 0.167. The number of carboxylic acids is 1. The van der Waals surface area contributed by atoms with Crippen molar-refractivity contribution in [2.24, 2.45) is 0 Å². The molecule has 2 amide bonds. The van der Waals surface area contributed by atoms with Crippen LogP contribution >= 0.6 is 0 Å². The van der Waals surface area contributed by atoms with Gasteiger partial charge in [-0.3, -0.25) is 19.3 Å². The van der Waals surface area contributed by atoms with Gasteiger partial charge in [0, 0.05) is 0 Å². The summed E-state index contributed by atoms with van der Waals surface area (Å²) < 4.78 is 0. The Kier molecular flexibility index (Phi) is 3.70. The Hall–Kier alpha value is -2.95. The predicted octanol–water partition coefficient (Wildman–Crippen LogP) is 2.67. The molecular formula is C18H15NO4. The predicted molar refractivity (Wildman–Crippen MR) is 83.1 cm³/mol. The molecule has 0 radical (unpaired) electrons. The molecule has 1 aliphatic rings. The molecule has 2 aromatic carbocycles. The number of carbonyl (C=O) groups excluding carboxylic acids is 2. The summed E-state index contributed by atoms with van der Waals surface area (Å²) in [5.41, 5.74) is 2.19. The van der Waals surface area contributed by atoms with Crippen LogP contribution in [0.15, 0.2) is 48.5 Å². The zero-order valence-corrected chi connectivity index (χ0v) is 12.5. The third-order valence-corrected chi connectivity index (χ3v) is 4.04. The minimum absolute atomic E-state index is 0.131. The highest BCUT2D eigenvalue weighted by molar-refractivity contribution is 6.21. The summed E-state index contributed by atoms with van der Waals surface area (Å²) >= 11 is 0. The summed E-state index contributed by atoms with van der Waals surface area (Å²) in [5, 5.41) is 9.09. The quantitative estimate of drug-likeness (QED) is 0.881. The van der Waals surface area contributed by atoms with Gasteiger partial charge < -0.3 is 5.11 Å². The van der Waals surface area contributed by atoms with E-state index in [0.717, 1.165) is 5.56 Å². The lowest BCUT2D eigenvalue weighted by Gasteiger charge is -2.15. The van der Waals surface area contributed by atoms with Crippen LogP contribution in [0, 0.1) is 0 Å². The van der Waals surface area contributed by atoms with E-state index >= 15 is 0 Å². The first-order valence-electron chi connectivity index (χ1n) is 7.26. The number of benzene rings is 2. The summed E-state index contributed by atoms with van der Waals surface area (Å²) in [7, 11) is 0. The standard InChI is InChI=1S/C18H15NO4/c1-11(18(22)23)13-6-4-5-12(9-13)10-19-16(20)14-7-2-3-8-15(14)17(19)21/h2-9,11H,10H2,1H3,(H,22,23). The van der Waals surface area contributed by atoms with Crippen molar-refractivity contribution in [2.45, 2.75) is 19.4 Å². The monoisotopic (exact) mass is 309 g/mol. The molecule has 0 aliphatic carbocycles. The van der Waals surface area contributed by atoms with Crippen LogP contribution in [0.3, 0.4) is 0 Å². The van der Waals surface area contributed by atoms with Gasteiger partial charge in [0.1, 0.15) is 0 Å². The van der Waals surface area contributed by atoms with Crippen molar-refractivity contribution in [1.82, 2.24) is 4.90 Å². The van der Waals surface area contributed by atoms with E-state index in [-0.39, 0.29) is 18.4 Å². The molecule has 0 fully saturated rings. The summed E-state index contributed by atoms with van der Waals surface area (Å²) in [5.74, 6) is -2.19. The van der Waals surface area contributed by atoms with Crippen molar-refractivity contribution in [3.8, 4) is 0 Å². The Bertz CT molecular complexity index is 777. The Balaban J connectivity index is 1.87. The number of carboxylic acid groups (broad SMARTS) is 1. The number of amides is 2. The fourth-order valence-corrected chi connectivity index (χ4v) is 2.67. The second-order valence-corrected chi connectivity index (χ2v) is 5.55. The molecule has 1 atom stereocenters. The van der Waals surface area contributed by atoms with E-state index in [0.29, 0.717) is 16.7 Å². The largest absolute Gasteiger partial charge is 0.481 e. The third-order valence-electron chi connectivity index (χ3n) is 4.04. The van der Waals surface area contributed by atoms with Crippen molar-refractivity contribution in [3.05, 3.63) is 70.8 Å². The lowest BCUT2D eigenvalue weighted by atomic mass is 9.99. The Morgan fingerprint density at radius 3 is 2.22 bits per heavy atom. The second kappa shape index (κ2) is 5.68. The van der Waals surface area contributed by atoms with E-state index in [1.54, 1.807) is 55.5 Å². The molecule has 5 heteroatoms. The molecule has 0 spiro atoms. The zero-order valence-electron chi connectivity index (χ0n) is 12.5. The van der Waals surface area contributed by atoms with Crippen molar-refractivity contribution >= 4 is 17.8 Å². The molecule has 0 aromatic heterocycles. The highest BCUT2D eigenvalue weighted by Crippen LogP contribution is 2.25. The van der Waals surface area contributed by atoms with Gasteiger partial charge in [0.2, 0.25) is 0 Å². The number of fused-ring (bicyclic) bond motifs is 1. The molecule has 1 N–H and O–H groups in total. The van der Waals surface area contributed by atoms with Gasteiger partial charge in [-0.05, 0) is 30.2 Å². The highest BCUT2D eigenvalue weighted by Gasteiger charge is 2.34. The van der Waals surface area contributed by atoms with Gasteiger partial charge in [0.25, 0.3) is 11.8 Å². The van der Waals surface area contributed by atoms with Crippen LogP contribution in [-0.2, 0) is 11.3 Å². The summed E-state index contributed by atoms with van der Waals surface area (Å²) in [6, 6.07) is 13.7. The van der Waals surface area contributed by atoms with Crippen molar-refractivity contribution in [2.75, 3.05) is 0 Å². The van der Waals surface area contributed by atoms with E-state index < -0.39 is 11.9 Å². The average Bonchev–Trinajstić information content (AvgIpc) is 2.80. The highest BCUT2D eigenvalue weighted by atomic mass is 16.4. The van der Waals surface area contributed by atoms with Gasteiger partial charge >= 0.3 is 5.97 Å². The Labute approximate surface area is 133 Å². The summed E-state index contributed by atoms with van der Waals surface area (Å²) in [6.45, 7) is 1.73. The molecule has 3 rings (SSSR count). The smallest absolute Gasteiger partial charge is 0.310 e. The van der Waals surface area contributed by atoms with Crippen LogP contribution in [0.2, 0.25) is 0 Å². The molecule has 2 aromatic rings. The van der Waals surface area contributed by atoms with Crippen molar-refractivity contribution in [1.29, 1.82) is 0 Å². The molecule has 0 saturated carbocycles. The number of carbonyl (C=O) groups is 3.